The smallest absolute Gasteiger partial charge is 0.251 e. The molecule has 0 spiro atoms. The first kappa shape index (κ1) is 19.2. The lowest BCUT2D eigenvalue weighted by Crippen LogP contribution is -2.36. The lowest BCUT2D eigenvalue weighted by atomic mass is 10.1. The summed E-state index contributed by atoms with van der Waals surface area (Å²) in [4.78, 5) is 29.9. The normalized spacial score (nSPS) is 14.2. The van der Waals surface area contributed by atoms with Gasteiger partial charge in [0.15, 0.2) is 0 Å². The molecule has 1 aliphatic carbocycles. The third-order valence-electron chi connectivity index (χ3n) is 5.55. The van der Waals surface area contributed by atoms with Gasteiger partial charge in [-0.25, -0.2) is 4.98 Å². The Morgan fingerprint density at radius 3 is 2.59 bits per heavy atom. The Labute approximate surface area is 170 Å². The molecule has 29 heavy (non-hydrogen) atoms. The number of hydrogen-bond acceptors (Lipinski definition) is 3. The van der Waals surface area contributed by atoms with E-state index in [-0.39, 0.29) is 30.9 Å². The zero-order valence-electron chi connectivity index (χ0n) is 16.6. The van der Waals surface area contributed by atoms with Crippen LogP contribution in [0.15, 0.2) is 48.5 Å². The topological polar surface area (TPSA) is 76.0 Å². The molecule has 1 saturated carbocycles. The van der Waals surface area contributed by atoms with Gasteiger partial charge >= 0.3 is 0 Å². The maximum absolute atomic E-state index is 12.6. The van der Waals surface area contributed by atoms with Gasteiger partial charge in [-0.3, -0.25) is 9.59 Å². The van der Waals surface area contributed by atoms with Crippen molar-refractivity contribution in [2.75, 3.05) is 0 Å². The SMILES string of the molecule is Cc1ccccc1C(=O)NCc1nc2ccccc2n1CC(=O)NC1CCCC1. The molecule has 0 radical (unpaired) electrons. The highest BCUT2D eigenvalue weighted by atomic mass is 16.2. The maximum atomic E-state index is 12.6. The molecule has 0 saturated heterocycles. The highest BCUT2D eigenvalue weighted by molar-refractivity contribution is 5.95. The van der Waals surface area contributed by atoms with Gasteiger partial charge in [-0.2, -0.15) is 0 Å². The summed E-state index contributed by atoms with van der Waals surface area (Å²) in [5.74, 6) is 0.526. The molecular weight excluding hydrogens is 364 g/mol. The molecule has 6 heteroatoms. The number of fused-ring (bicyclic) bond motifs is 1. The van der Waals surface area contributed by atoms with E-state index in [9.17, 15) is 9.59 Å². The second kappa shape index (κ2) is 8.47. The van der Waals surface area contributed by atoms with Crippen LogP contribution in [0.4, 0.5) is 0 Å². The molecule has 3 aromatic rings. The number of benzene rings is 2. The van der Waals surface area contributed by atoms with Crippen molar-refractivity contribution in [1.82, 2.24) is 20.2 Å². The van der Waals surface area contributed by atoms with Gasteiger partial charge in [-0.1, -0.05) is 43.2 Å². The lowest BCUT2D eigenvalue weighted by molar-refractivity contribution is -0.122. The highest BCUT2D eigenvalue weighted by Crippen LogP contribution is 2.19. The van der Waals surface area contributed by atoms with Crippen molar-refractivity contribution in [3.8, 4) is 0 Å². The van der Waals surface area contributed by atoms with Gasteiger partial charge in [0.05, 0.1) is 17.6 Å². The van der Waals surface area contributed by atoms with Crippen LogP contribution in [0.5, 0.6) is 0 Å². The summed E-state index contributed by atoms with van der Waals surface area (Å²) in [7, 11) is 0. The largest absolute Gasteiger partial charge is 0.352 e. The molecule has 2 aromatic carbocycles. The molecule has 2 amide bonds. The van der Waals surface area contributed by atoms with E-state index in [2.05, 4.69) is 15.6 Å². The zero-order valence-corrected chi connectivity index (χ0v) is 16.6. The Balaban J connectivity index is 1.52. The fourth-order valence-corrected chi connectivity index (χ4v) is 4.01. The third kappa shape index (κ3) is 4.31. The predicted octanol–water partition coefficient (Wildman–Crippen LogP) is 3.33. The minimum absolute atomic E-state index is 0.00784. The Morgan fingerprint density at radius 2 is 1.79 bits per heavy atom. The fraction of sp³-hybridized carbons (Fsp3) is 0.348. The standard InChI is InChI=1S/C23H26N4O2/c1-16-8-2-5-11-18(16)23(29)24-14-21-26-19-12-6-7-13-20(19)27(21)15-22(28)25-17-9-3-4-10-17/h2,5-8,11-13,17H,3-4,9-10,14-15H2,1H3,(H,24,29)(H,25,28). The monoisotopic (exact) mass is 390 g/mol. The number of carbonyl (C=O) groups is 2. The molecule has 0 aliphatic heterocycles. The van der Waals surface area contributed by atoms with Crippen LogP contribution >= 0.6 is 0 Å². The molecule has 6 nitrogen and oxygen atoms in total. The first-order chi connectivity index (χ1) is 14.1. The van der Waals surface area contributed by atoms with Crippen LogP contribution in [-0.4, -0.2) is 27.4 Å². The summed E-state index contributed by atoms with van der Waals surface area (Å²) < 4.78 is 1.90. The number of para-hydroxylation sites is 2. The zero-order chi connectivity index (χ0) is 20.2. The second-order valence-corrected chi connectivity index (χ2v) is 7.65. The van der Waals surface area contributed by atoms with Crippen LogP contribution in [-0.2, 0) is 17.9 Å². The second-order valence-electron chi connectivity index (χ2n) is 7.65. The third-order valence-corrected chi connectivity index (χ3v) is 5.55. The van der Waals surface area contributed by atoms with Crippen LogP contribution in [0.25, 0.3) is 11.0 Å². The van der Waals surface area contributed by atoms with Crippen molar-refractivity contribution in [1.29, 1.82) is 0 Å². The summed E-state index contributed by atoms with van der Waals surface area (Å²) in [5, 5.41) is 6.08. The summed E-state index contributed by atoms with van der Waals surface area (Å²) in [6.07, 6.45) is 4.45. The van der Waals surface area contributed by atoms with Gasteiger partial charge < -0.3 is 15.2 Å². The predicted molar refractivity (Wildman–Crippen MR) is 112 cm³/mol. The Bertz CT molecular complexity index is 1030. The van der Waals surface area contributed by atoms with Crippen LogP contribution in [0.3, 0.4) is 0 Å². The molecule has 1 heterocycles. The molecule has 0 bridgehead atoms. The number of carbonyl (C=O) groups excluding carboxylic acids is 2. The molecule has 4 rings (SSSR count). The first-order valence-electron chi connectivity index (χ1n) is 10.2. The molecule has 1 aromatic heterocycles. The average Bonchev–Trinajstić information content (AvgIpc) is 3.34. The van der Waals surface area contributed by atoms with Gasteiger partial charge in [0.25, 0.3) is 5.91 Å². The number of nitrogens with zero attached hydrogens (tertiary/aromatic N) is 2. The molecule has 0 unspecified atom stereocenters. The van der Waals surface area contributed by atoms with Crippen LogP contribution in [0.1, 0.15) is 47.4 Å². The van der Waals surface area contributed by atoms with Crippen molar-refractivity contribution in [2.45, 2.75) is 51.7 Å². The van der Waals surface area contributed by atoms with E-state index in [1.54, 1.807) is 0 Å². The van der Waals surface area contributed by atoms with E-state index in [0.29, 0.717) is 11.4 Å². The van der Waals surface area contributed by atoms with Crippen molar-refractivity contribution >= 4 is 22.8 Å². The van der Waals surface area contributed by atoms with E-state index < -0.39 is 0 Å². The number of aromatic nitrogens is 2. The quantitative estimate of drug-likeness (QED) is 0.678. The van der Waals surface area contributed by atoms with E-state index in [1.807, 2.05) is 60.0 Å². The van der Waals surface area contributed by atoms with E-state index in [0.717, 1.165) is 29.4 Å². The number of aryl methyl sites for hydroxylation is 1. The van der Waals surface area contributed by atoms with Crippen molar-refractivity contribution in [3.63, 3.8) is 0 Å². The summed E-state index contributed by atoms with van der Waals surface area (Å²) >= 11 is 0. The number of amides is 2. The van der Waals surface area contributed by atoms with Crippen molar-refractivity contribution < 1.29 is 9.59 Å². The van der Waals surface area contributed by atoms with Crippen molar-refractivity contribution in [3.05, 3.63) is 65.5 Å². The van der Waals surface area contributed by atoms with Gasteiger partial charge in [-0.15, -0.1) is 0 Å². The van der Waals surface area contributed by atoms with E-state index >= 15 is 0 Å². The fourth-order valence-electron chi connectivity index (χ4n) is 4.01. The van der Waals surface area contributed by atoms with Crippen molar-refractivity contribution in [2.24, 2.45) is 0 Å². The van der Waals surface area contributed by atoms with Gasteiger partial charge in [0.2, 0.25) is 5.91 Å². The van der Waals surface area contributed by atoms with E-state index in [4.69, 9.17) is 0 Å². The number of rotatable bonds is 6. The number of imidazole rings is 1. The molecule has 2 N–H and O–H groups in total. The summed E-state index contributed by atoms with van der Waals surface area (Å²) in [6, 6.07) is 15.5. The van der Waals surface area contributed by atoms with Gasteiger partial charge in [0.1, 0.15) is 12.4 Å². The Hall–Kier alpha value is -3.15. The minimum atomic E-state index is -0.142. The molecule has 1 fully saturated rings. The molecule has 150 valence electrons. The van der Waals surface area contributed by atoms with E-state index in [1.165, 1.54) is 12.8 Å². The van der Waals surface area contributed by atoms with Gasteiger partial charge in [0, 0.05) is 11.6 Å². The maximum Gasteiger partial charge on any atom is 0.251 e. The summed E-state index contributed by atoms with van der Waals surface area (Å²) in [6.45, 7) is 2.38. The highest BCUT2D eigenvalue weighted by Gasteiger charge is 2.19. The number of nitrogens with one attached hydrogen (secondary N) is 2. The molecular formula is C23H26N4O2. The minimum Gasteiger partial charge on any atom is -0.352 e. The molecule has 0 atom stereocenters. The number of hydrogen-bond donors (Lipinski definition) is 2. The van der Waals surface area contributed by atoms with Crippen LogP contribution < -0.4 is 10.6 Å². The lowest BCUT2D eigenvalue weighted by Gasteiger charge is -2.14. The first-order valence-corrected chi connectivity index (χ1v) is 10.2. The van der Waals surface area contributed by atoms with Gasteiger partial charge in [-0.05, 0) is 43.5 Å². The van der Waals surface area contributed by atoms with Crippen LogP contribution in [0.2, 0.25) is 0 Å². The Kier molecular flexibility index (Phi) is 5.60. The average molecular weight is 390 g/mol. The van der Waals surface area contributed by atoms with Crippen LogP contribution in [0, 0.1) is 6.92 Å². The Morgan fingerprint density at radius 1 is 1.07 bits per heavy atom. The summed E-state index contributed by atoms with van der Waals surface area (Å²) in [5.41, 5.74) is 3.29. The molecule has 1 aliphatic rings.